The summed E-state index contributed by atoms with van der Waals surface area (Å²) in [6.07, 6.45) is 8.87. The lowest BCUT2D eigenvalue weighted by Gasteiger charge is -2.52. The molecule has 3 aliphatic carbocycles. The van der Waals surface area contributed by atoms with Crippen molar-refractivity contribution in [3.8, 4) is 11.3 Å². The van der Waals surface area contributed by atoms with Crippen LogP contribution in [-0.2, 0) is 24.3 Å². The molecule has 5 rings (SSSR count). The van der Waals surface area contributed by atoms with E-state index in [4.69, 9.17) is 0 Å². The van der Waals surface area contributed by atoms with Crippen LogP contribution in [0.4, 0.5) is 0 Å². The summed E-state index contributed by atoms with van der Waals surface area (Å²) in [6.45, 7) is 11.9. The molecule has 1 heteroatoms. The van der Waals surface area contributed by atoms with E-state index >= 15 is 0 Å². The Kier molecular flexibility index (Phi) is 4.06. The van der Waals surface area contributed by atoms with Crippen LogP contribution in [0.25, 0.3) is 11.3 Å². The van der Waals surface area contributed by atoms with Gasteiger partial charge in [0.2, 0.25) is 5.69 Å². The second-order valence-electron chi connectivity index (χ2n) is 9.97. The zero-order valence-corrected chi connectivity index (χ0v) is 17.4. The Labute approximate surface area is 159 Å². The molecule has 2 bridgehead atoms. The van der Waals surface area contributed by atoms with Crippen molar-refractivity contribution in [2.75, 3.05) is 0 Å². The molecular weight excluding hydrogens is 314 g/mol. The molecule has 0 spiro atoms. The lowest BCUT2D eigenvalue weighted by molar-refractivity contribution is -0.660. The van der Waals surface area contributed by atoms with Gasteiger partial charge in [0.1, 0.15) is 7.05 Å². The molecule has 1 aromatic heterocycles. The van der Waals surface area contributed by atoms with E-state index in [2.05, 4.69) is 76.7 Å². The number of hydrogen-bond donors (Lipinski definition) is 0. The lowest BCUT2D eigenvalue weighted by atomic mass is 9.52. The van der Waals surface area contributed by atoms with Crippen molar-refractivity contribution in [3.05, 3.63) is 52.7 Å². The third-order valence-electron chi connectivity index (χ3n) is 7.24. The van der Waals surface area contributed by atoms with Crippen LogP contribution < -0.4 is 4.57 Å². The van der Waals surface area contributed by atoms with Crippen LogP contribution in [-0.4, -0.2) is 0 Å². The van der Waals surface area contributed by atoms with Gasteiger partial charge < -0.3 is 0 Å². The fraction of sp³-hybridized carbons (Fsp3) is 0.560. The third kappa shape index (κ3) is 2.71. The van der Waals surface area contributed by atoms with Gasteiger partial charge in [-0.25, -0.2) is 4.57 Å². The molecule has 1 fully saturated rings. The first-order chi connectivity index (χ1) is 12.2. The number of rotatable bonds is 3. The lowest BCUT2D eigenvalue weighted by Crippen LogP contribution is -2.44. The first-order valence-electron chi connectivity index (χ1n) is 10.4. The molecule has 0 aliphatic heterocycles. The number of nitrogens with zero attached hydrogens (tertiary/aromatic N) is 1. The van der Waals surface area contributed by atoms with Crippen molar-refractivity contribution in [2.24, 2.45) is 13.0 Å². The maximum atomic E-state index is 2.54. The highest BCUT2D eigenvalue weighted by Crippen LogP contribution is 2.57. The molecule has 26 heavy (non-hydrogen) atoms. The van der Waals surface area contributed by atoms with E-state index < -0.39 is 0 Å². The molecule has 1 saturated carbocycles. The van der Waals surface area contributed by atoms with Gasteiger partial charge in [-0.1, -0.05) is 33.8 Å². The number of aromatic nitrogens is 1. The van der Waals surface area contributed by atoms with Crippen LogP contribution in [0.3, 0.4) is 0 Å². The molecule has 0 unspecified atom stereocenters. The molecule has 1 nitrogen and oxygen atoms in total. The number of pyridine rings is 1. The van der Waals surface area contributed by atoms with Crippen LogP contribution in [0.5, 0.6) is 0 Å². The van der Waals surface area contributed by atoms with Crippen LogP contribution in [0, 0.1) is 12.8 Å². The van der Waals surface area contributed by atoms with E-state index in [9.17, 15) is 0 Å². The smallest absolute Gasteiger partial charge is 0.201 e. The standard InChI is InChI=1S/C25H34N/c1-17(2)13-19-7-8-23(26(6)16-19)20-15-22-21(14-18(20)3)24(4)9-11-25(22,5)12-10-24/h7-8,14-17H,9-13H2,1-6H3/q+1. The predicted molar refractivity (Wildman–Crippen MR) is 110 cm³/mol. The SMILES string of the molecule is Cc1cc2c(cc1-c1ccc(CC(C)C)c[n+]1C)C1(C)CCC2(C)CC1. The molecule has 0 amide bonds. The van der Waals surface area contributed by atoms with Crippen LogP contribution in [0.1, 0.15) is 75.6 Å². The summed E-state index contributed by atoms with van der Waals surface area (Å²) in [5.74, 6) is 0.697. The maximum Gasteiger partial charge on any atom is 0.212 e. The number of aryl methyl sites for hydroxylation is 2. The van der Waals surface area contributed by atoms with Gasteiger partial charge >= 0.3 is 0 Å². The van der Waals surface area contributed by atoms with Gasteiger partial charge in [0.25, 0.3) is 0 Å². The molecule has 1 heterocycles. The minimum Gasteiger partial charge on any atom is -0.201 e. The van der Waals surface area contributed by atoms with Gasteiger partial charge in [-0.15, -0.1) is 0 Å². The average Bonchev–Trinajstić information content (AvgIpc) is 2.57. The van der Waals surface area contributed by atoms with Crippen molar-refractivity contribution in [1.82, 2.24) is 0 Å². The Hall–Kier alpha value is -1.63. The quantitative estimate of drug-likeness (QED) is 0.618. The van der Waals surface area contributed by atoms with Crippen molar-refractivity contribution < 1.29 is 4.57 Å². The Morgan fingerprint density at radius 2 is 1.54 bits per heavy atom. The van der Waals surface area contributed by atoms with E-state index in [0.717, 1.165) is 6.42 Å². The molecule has 3 aliphatic rings. The molecule has 138 valence electrons. The zero-order chi connectivity index (χ0) is 18.7. The summed E-state index contributed by atoms with van der Waals surface area (Å²) >= 11 is 0. The average molecular weight is 349 g/mol. The first kappa shape index (κ1) is 17.8. The molecule has 0 saturated heterocycles. The molecule has 0 N–H and O–H groups in total. The fourth-order valence-electron chi connectivity index (χ4n) is 5.41. The molecule has 0 radical (unpaired) electrons. The van der Waals surface area contributed by atoms with Crippen molar-refractivity contribution in [2.45, 2.75) is 77.6 Å². The largest absolute Gasteiger partial charge is 0.212 e. The molecule has 2 aromatic rings. The summed E-state index contributed by atoms with van der Waals surface area (Å²) in [4.78, 5) is 0. The summed E-state index contributed by atoms with van der Waals surface area (Å²) < 4.78 is 2.33. The molecule has 0 atom stereocenters. The van der Waals surface area contributed by atoms with Gasteiger partial charge in [-0.05, 0) is 84.6 Å². The van der Waals surface area contributed by atoms with E-state index in [1.807, 2.05) is 0 Å². The van der Waals surface area contributed by atoms with Gasteiger partial charge in [-0.2, -0.15) is 0 Å². The van der Waals surface area contributed by atoms with Gasteiger partial charge in [0, 0.05) is 17.2 Å². The Morgan fingerprint density at radius 1 is 0.962 bits per heavy atom. The summed E-state index contributed by atoms with van der Waals surface area (Å²) in [7, 11) is 2.20. The Balaban J connectivity index is 1.82. The maximum absolute atomic E-state index is 2.54. The highest BCUT2D eigenvalue weighted by Gasteiger charge is 2.47. The second-order valence-corrected chi connectivity index (χ2v) is 9.97. The van der Waals surface area contributed by atoms with E-state index in [1.165, 1.54) is 48.1 Å². The monoisotopic (exact) mass is 348 g/mol. The van der Waals surface area contributed by atoms with E-state index in [1.54, 1.807) is 11.1 Å². The minimum atomic E-state index is 0.381. The Morgan fingerprint density at radius 3 is 2.08 bits per heavy atom. The van der Waals surface area contributed by atoms with Crippen LogP contribution in [0.15, 0.2) is 30.5 Å². The third-order valence-corrected chi connectivity index (χ3v) is 7.24. The Bertz CT molecular complexity index is 851. The van der Waals surface area contributed by atoms with Gasteiger partial charge in [-0.3, -0.25) is 0 Å². The number of benzene rings is 1. The second kappa shape index (κ2) is 5.94. The zero-order valence-electron chi connectivity index (χ0n) is 17.4. The fourth-order valence-corrected chi connectivity index (χ4v) is 5.41. The minimum absolute atomic E-state index is 0.381. The predicted octanol–water partition coefficient (Wildman–Crippen LogP) is 5.79. The topological polar surface area (TPSA) is 3.88 Å². The highest BCUT2D eigenvalue weighted by molar-refractivity contribution is 5.66. The van der Waals surface area contributed by atoms with Crippen molar-refractivity contribution >= 4 is 0 Å². The number of hydrogen-bond acceptors (Lipinski definition) is 0. The molecular formula is C25H34N+. The van der Waals surface area contributed by atoms with Gasteiger partial charge in [0.05, 0.1) is 0 Å². The van der Waals surface area contributed by atoms with Crippen molar-refractivity contribution in [3.63, 3.8) is 0 Å². The molecule has 1 aromatic carbocycles. The summed E-state index contributed by atoms with van der Waals surface area (Å²) in [5.41, 5.74) is 9.66. The normalized spacial score (nSPS) is 27.0. The van der Waals surface area contributed by atoms with Crippen molar-refractivity contribution in [1.29, 1.82) is 0 Å². The van der Waals surface area contributed by atoms with Crippen LogP contribution >= 0.6 is 0 Å². The highest BCUT2D eigenvalue weighted by atomic mass is 14.9. The van der Waals surface area contributed by atoms with E-state index in [0.29, 0.717) is 16.7 Å². The van der Waals surface area contributed by atoms with E-state index in [-0.39, 0.29) is 0 Å². The first-order valence-corrected chi connectivity index (χ1v) is 10.4. The number of fused-ring (bicyclic) bond motifs is 2. The van der Waals surface area contributed by atoms with Gasteiger partial charge in [0.15, 0.2) is 6.20 Å². The summed E-state index contributed by atoms with van der Waals surface area (Å²) in [6, 6.07) is 9.71. The van der Waals surface area contributed by atoms with Crippen LogP contribution in [0.2, 0.25) is 0 Å². The summed E-state index contributed by atoms with van der Waals surface area (Å²) in [5, 5.41) is 0.